The number of aliphatic hydroxyl groups excluding tert-OH is 1. The van der Waals surface area contributed by atoms with E-state index in [0.717, 1.165) is 6.54 Å². The Kier molecular flexibility index (Phi) is 3.88. The molecule has 3 heteroatoms. The predicted molar refractivity (Wildman–Crippen MR) is 66.5 cm³/mol. The molecule has 1 saturated heterocycles. The van der Waals surface area contributed by atoms with E-state index in [2.05, 4.69) is 17.1 Å². The molecule has 1 heterocycles. The lowest BCUT2D eigenvalue weighted by Gasteiger charge is -2.42. The molecule has 2 atom stereocenters. The molecule has 1 aliphatic carbocycles. The van der Waals surface area contributed by atoms with Crippen molar-refractivity contribution in [2.45, 2.75) is 50.6 Å². The highest BCUT2D eigenvalue weighted by Crippen LogP contribution is 2.40. The Hall–Kier alpha value is -0.120. The van der Waals surface area contributed by atoms with Gasteiger partial charge in [0.25, 0.3) is 0 Å². The molecule has 2 fully saturated rings. The number of hydrogen-bond donors (Lipinski definition) is 2. The number of piperidine rings is 1. The lowest BCUT2D eigenvalue weighted by Crippen LogP contribution is -2.58. The average Bonchev–Trinajstić information content (AvgIpc) is 3.13. The molecule has 0 radical (unpaired) electrons. The summed E-state index contributed by atoms with van der Waals surface area (Å²) in [5.74, 6) is 0.691. The maximum atomic E-state index is 9.71. The Morgan fingerprint density at radius 1 is 1.31 bits per heavy atom. The van der Waals surface area contributed by atoms with Gasteiger partial charge in [0.15, 0.2) is 0 Å². The van der Waals surface area contributed by atoms with Crippen molar-refractivity contribution in [3.63, 3.8) is 0 Å². The van der Waals surface area contributed by atoms with E-state index in [1.165, 1.54) is 38.6 Å². The maximum Gasteiger partial charge on any atom is 0.0628 e. The molecule has 0 aromatic carbocycles. The summed E-state index contributed by atoms with van der Waals surface area (Å²) < 4.78 is 0. The van der Waals surface area contributed by atoms with Gasteiger partial charge in [0.05, 0.1) is 12.1 Å². The summed E-state index contributed by atoms with van der Waals surface area (Å²) in [5.41, 5.74) is -0.0361. The van der Waals surface area contributed by atoms with Gasteiger partial charge in [-0.05, 0) is 52.1 Å². The van der Waals surface area contributed by atoms with Gasteiger partial charge in [-0.2, -0.15) is 0 Å². The van der Waals surface area contributed by atoms with Crippen LogP contribution in [-0.4, -0.2) is 48.3 Å². The number of aliphatic hydroxyl groups is 1. The Labute approximate surface area is 99.2 Å². The molecule has 94 valence electrons. The third-order valence-corrected chi connectivity index (χ3v) is 4.56. The zero-order chi connectivity index (χ0) is 11.6. The third kappa shape index (κ3) is 2.41. The fourth-order valence-corrected chi connectivity index (χ4v) is 3.06. The molecular formula is C13H26N2O. The van der Waals surface area contributed by atoms with Crippen molar-refractivity contribution in [2.24, 2.45) is 5.92 Å². The number of hydrogen-bond acceptors (Lipinski definition) is 3. The zero-order valence-electron chi connectivity index (χ0n) is 10.7. The number of likely N-dealkylation sites (N-methyl/N-ethyl adjacent to an activating group) is 1. The Balaban J connectivity index is 1.98. The van der Waals surface area contributed by atoms with Crippen molar-refractivity contribution in [1.82, 2.24) is 10.2 Å². The molecular weight excluding hydrogens is 200 g/mol. The maximum absolute atomic E-state index is 9.71. The standard InChI is InChI=1S/C13H26N2O/c1-11-5-3-4-8-15(11)9-13(10-16,14-2)12-6-7-12/h11-12,14,16H,3-10H2,1-2H3. The van der Waals surface area contributed by atoms with Crippen LogP contribution in [0.15, 0.2) is 0 Å². The molecule has 2 N–H and O–H groups in total. The van der Waals surface area contributed by atoms with Crippen molar-refractivity contribution in [3.05, 3.63) is 0 Å². The Morgan fingerprint density at radius 3 is 2.56 bits per heavy atom. The van der Waals surface area contributed by atoms with E-state index in [4.69, 9.17) is 0 Å². The first-order valence-corrected chi connectivity index (χ1v) is 6.75. The lowest BCUT2D eigenvalue weighted by atomic mass is 9.91. The fraction of sp³-hybridized carbons (Fsp3) is 1.00. The van der Waals surface area contributed by atoms with Crippen LogP contribution in [0.5, 0.6) is 0 Å². The van der Waals surface area contributed by atoms with E-state index in [1.54, 1.807) is 0 Å². The smallest absolute Gasteiger partial charge is 0.0628 e. The van der Waals surface area contributed by atoms with E-state index in [1.807, 2.05) is 7.05 Å². The van der Waals surface area contributed by atoms with Gasteiger partial charge < -0.3 is 10.4 Å². The Morgan fingerprint density at radius 2 is 2.06 bits per heavy atom. The van der Waals surface area contributed by atoms with Crippen LogP contribution >= 0.6 is 0 Å². The van der Waals surface area contributed by atoms with Crippen molar-refractivity contribution in [2.75, 3.05) is 26.7 Å². The molecule has 0 bridgehead atoms. The molecule has 1 saturated carbocycles. The summed E-state index contributed by atoms with van der Waals surface area (Å²) in [5, 5.41) is 13.1. The molecule has 16 heavy (non-hydrogen) atoms. The van der Waals surface area contributed by atoms with Crippen molar-refractivity contribution in [1.29, 1.82) is 0 Å². The summed E-state index contributed by atoms with van der Waals surface area (Å²) >= 11 is 0. The molecule has 1 aliphatic heterocycles. The molecule has 2 unspecified atom stereocenters. The van der Waals surface area contributed by atoms with Crippen LogP contribution in [0.1, 0.15) is 39.0 Å². The van der Waals surface area contributed by atoms with E-state index < -0.39 is 0 Å². The summed E-state index contributed by atoms with van der Waals surface area (Å²) in [6, 6.07) is 0.687. The molecule has 0 aromatic rings. The highest BCUT2D eigenvalue weighted by atomic mass is 16.3. The molecule has 0 amide bonds. The minimum atomic E-state index is -0.0361. The van der Waals surface area contributed by atoms with Crippen LogP contribution in [-0.2, 0) is 0 Å². The summed E-state index contributed by atoms with van der Waals surface area (Å²) in [6.07, 6.45) is 6.57. The normalized spacial score (nSPS) is 31.3. The highest BCUT2D eigenvalue weighted by molar-refractivity contribution is 5.02. The number of rotatable bonds is 5. The second-order valence-corrected chi connectivity index (χ2v) is 5.65. The van der Waals surface area contributed by atoms with Crippen LogP contribution < -0.4 is 5.32 Å². The van der Waals surface area contributed by atoms with Gasteiger partial charge in [0.2, 0.25) is 0 Å². The first-order valence-electron chi connectivity index (χ1n) is 6.75. The quantitative estimate of drug-likeness (QED) is 0.740. The fourth-order valence-electron chi connectivity index (χ4n) is 3.06. The highest BCUT2D eigenvalue weighted by Gasteiger charge is 2.45. The van der Waals surface area contributed by atoms with Crippen LogP contribution in [0.4, 0.5) is 0 Å². The van der Waals surface area contributed by atoms with Gasteiger partial charge in [-0.1, -0.05) is 6.42 Å². The lowest BCUT2D eigenvalue weighted by molar-refractivity contribution is 0.0634. The molecule has 2 aliphatic rings. The van der Waals surface area contributed by atoms with E-state index in [-0.39, 0.29) is 12.1 Å². The second kappa shape index (κ2) is 5.03. The number of nitrogens with one attached hydrogen (secondary N) is 1. The van der Waals surface area contributed by atoms with E-state index in [9.17, 15) is 5.11 Å². The van der Waals surface area contributed by atoms with Gasteiger partial charge in [-0.15, -0.1) is 0 Å². The predicted octanol–water partition coefficient (Wildman–Crippen LogP) is 1.22. The number of likely N-dealkylation sites (tertiary alicyclic amines) is 1. The van der Waals surface area contributed by atoms with Crippen LogP contribution in [0.2, 0.25) is 0 Å². The number of nitrogens with zero attached hydrogens (tertiary/aromatic N) is 1. The first kappa shape index (κ1) is 12.3. The first-order chi connectivity index (χ1) is 7.72. The zero-order valence-corrected chi connectivity index (χ0v) is 10.7. The van der Waals surface area contributed by atoms with Crippen LogP contribution in [0, 0.1) is 5.92 Å². The summed E-state index contributed by atoms with van der Waals surface area (Å²) in [4.78, 5) is 2.56. The van der Waals surface area contributed by atoms with Gasteiger partial charge in [0, 0.05) is 12.6 Å². The van der Waals surface area contributed by atoms with Crippen LogP contribution in [0.3, 0.4) is 0 Å². The molecule has 0 aromatic heterocycles. The SMILES string of the molecule is CNC(CO)(CN1CCCCC1C)C1CC1. The van der Waals surface area contributed by atoms with Gasteiger partial charge in [0.1, 0.15) is 0 Å². The largest absolute Gasteiger partial charge is 0.394 e. The minimum absolute atomic E-state index is 0.0361. The van der Waals surface area contributed by atoms with Crippen molar-refractivity contribution < 1.29 is 5.11 Å². The van der Waals surface area contributed by atoms with Crippen LogP contribution in [0.25, 0.3) is 0 Å². The molecule has 2 rings (SSSR count). The molecule has 0 spiro atoms. The van der Waals surface area contributed by atoms with E-state index in [0.29, 0.717) is 12.0 Å². The topological polar surface area (TPSA) is 35.5 Å². The molecule has 3 nitrogen and oxygen atoms in total. The van der Waals surface area contributed by atoms with E-state index >= 15 is 0 Å². The minimum Gasteiger partial charge on any atom is -0.394 e. The van der Waals surface area contributed by atoms with Gasteiger partial charge >= 0.3 is 0 Å². The van der Waals surface area contributed by atoms with Crippen molar-refractivity contribution >= 4 is 0 Å². The second-order valence-electron chi connectivity index (χ2n) is 5.65. The summed E-state index contributed by atoms with van der Waals surface area (Å²) in [7, 11) is 2.00. The van der Waals surface area contributed by atoms with Gasteiger partial charge in [-0.3, -0.25) is 4.90 Å². The van der Waals surface area contributed by atoms with Gasteiger partial charge in [-0.25, -0.2) is 0 Å². The average molecular weight is 226 g/mol. The third-order valence-electron chi connectivity index (χ3n) is 4.56. The summed E-state index contributed by atoms with van der Waals surface area (Å²) in [6.45, 7) is 4.82. The monoisotopic (exact) mass is 226 g/mol. The Bertz CT molecular complexity index is 224. The van der Waals surface area contributed by atoms with Crippen molar-refractivity contribution in [3.8, 4) is 0 Å².